The van der Waals surface area contributed by atoms with Gasteiger partial charge in [-0.2, -0.15) is 0 Å². The molecule has 0 bridgehead atoms. The fraction of sp³-hybridized carbons (Fsp3) is 0.579. The van der Waals surface area contributed by atoms with Crippen LogP contribution in [0.2, 0.25) is 0 Å². The van der Waals surface area contributed by atoms with Crippen molar-refractivity contribution in [2.45, 2.75) is 44.7 Å². The molecule has 2 amide bonds. The van der Waals surface area contributed by atoms with Crippen molar-refractivity contribution in [3.63, 3.8) is 0 Å². The van der Waals surface area contributed by atoms with Crippen molar-refractivity contribution in [3.8, 4) is 0 Å². The molecule has 2 saturated heterocycles. The van der Waals surface area contributed by atoms with Crippen molar-refractivity contribution in [2.75, 3.05) is 26.8 Å². The van der Waals surface area contributed by atoms with Crippen LogP contribution < -0.4 is 0 Å². The van der Waals surface area contributed by atoms with Crippen LogP contribution >= 0.6 is 0 Å². The maximum Gasteiger partial charge on any atom is 0.227 e. The Bertz CT molecular complexity index is 599. The molecule has 2 fully saturated rings. The van der Waals surface area contributed by atoms with Crippen LogP contribution in [0.1, 0.15) is 30.4 Å². The van der Waals surface area contributed by atoms with E-state index in [1.165, 1.54) is 5.56 Å². The predicted octanol–water partition coefficient (Wildman–Crippen LogP) is 1.78. The number of fused-ring (bicyclic) bond motifs is 1. The Morgan fingerprint density at radius 1 is 1.21 bits per heavy atom. The quantitative estimate of drug-likeness (QED) is 0.827. The second kappa shape index (κ2) is 7.34. The maximum absolute atomic E-state index is 12.8. The number of aryl methyl sites for hydroxylation is 1. The molecule has 1 aromatic rings. The Balaban J connectivity index is 1.66. The van der Waals surface area contributed by atoms with Crippen LogP contribution in [-0.4, -0.2) is 60.5 Å². The van der Waals surface area contributed by atoms with E-state index in [0.717, 1.165) is 24.9 Å². The highest BCUT2D eigenvalue weighted by molar-refractivity contribution is 5.81. The first-order chi connectivity index (χ1) is 11.6. The van der Waals surface area contributed by atoms with Gasteiger partial charge in [-0.25, -0.2) is 0 Å². The predicted molar refractivity (Wildman–Crippen MR) is 91.6 cm³/mol. The largest absolute Gasteiger partial charge is 0.383 e. The summed E-state index contributed by atoms with van der Waals surface area (Å²) in [6, 6.07) is 8.45. The van der Waals surface area contributed by atoms with Gasteiger partial charge in [0.15, 0.2) is 0 Å². The van der Waals surface area contributed by atoms with E-state index in [4.69, 9.17) is 4.74 Å². The van der Waals surface area contributed by atoms with Gasteiger partial charge in [-0.1, -0.05) is 29.8 Å². The number of amides is 2. The van der Waals surface area contributed by atoms with Crippen molar-refractivity contribution in [3.05, 3.63) is 35.4 Å². The van der Waals surface area contributed by atoms with E-state index < -0.39 is 0 Å². The number of nitrogens with zero attached hydrogens (tertiary/aromatic N) is 2. The van der Waals surface area contributed by atoms with E-state index in [1.54, 1.807) is 7.11 Å². The third kappa shape index (κ3) is 3.46. The van der Waals surface area contributed by atoms with Crippen molar-refractivity contribution >= 4 is 11.8 Å². The molecule has 5 heteroatoms. The SMILES string of the molecule is COCCN1C(=O)CC[C@@H]2[C@H]1CCN2C(=O)Cc1ccc(C)cc1. The van der Waals surface area contributed by atoms with Gasteiger partial charge in [0.25, 0.3) is 0 Å². The van der Waals surface area contributed by atoms with E-state index >= 15 is 0 Å². The zero-order chi connectivity index (χ0) is 17.1. The Morgan fingerprint density at radius 3 is 2.67 bits per heavy atom. The lowest BCUT2D eigenvalue weighted by Gasteiger charge is -2.39. The van der Waals surface area contributed by atoms with Crippen LogP contribution in [0.3, 0.4) is 0 Å². The van der Waals surface area contributed by atoms with Crippen LogP contribution in [0, 0.1) is 6.92 Å². The van der Waals surface area contributed by atoms with Crippen molar-refractivity contribution in [1.82, 2.24) is 9.80 Å². The van der Waals surface area contributed by atoms with Gasteiger partial charge < -0.3 is 14.5 Å². The average Bonchev–Trinajstić information content (AvgIpc) is 3.00. The molecule has 2 aliphatic heterocycles. The zero-order valence-electron chi connectivity index (χ0n) is 14.5. The summed E-state index contributed by atoms with van der Waals surface area (Å²) in [6.45, 7) is 3.96. The molecule has 0 saturated carbocycles. The summed E-state index contributed by atoms with van der Waals surface area (Å²) in [5.41, 5.74) is 2.25. The second-order valence-electron chi connectivity index (χ2n) is 6.79. The van der Waals surface area contributed by atoms with Gasteiger partial charge in [0.1, 0.15) is 0 Å². The number of carbonyl (C=O) groups excluding carboxylic acids is 2. The molecule has 3 rings (SSSR count). The molecule has 0 aromatic heterocycles. The van der Waals surface area contributed by atoms with E-state index in [-0.39, 0.29) is 23.9 Å². The molecule has 24 heavy (non-hydrogen) atoms. The number of rotatable bonds is 5. The molecule has 2 heterocycles. The van der Waals surface area contributed by atoms with Crippen molar-refractivity contribution < 1.29 is 14.3 Å². The van der Waals surface area contributed by atoms with Crippen LogP contribution in [0.25, 0.3) is 0 Å². The van der Waals surface area contributed by atoms with Gasteiger partial charge in [-0.3, -0.25) is 9.59 Å². The summed E-state index contributed by atoms with van der Waals surface area (Å²) in [5, 5.41) is 0. The van der Waals surface area contributed by atoms with E-state index in [9.17, 15) is 9.59 Å². The molecule has 130 valence electrons. The Kier molecular flexibility index (Phi) is 5.19. The van der Waals surface area contributed by atoms with Gasteiger partial charge in [-0.15, -0.1) is 0 Å². The Hall–Kier alpha value is -1.88. The van der Waals surface area contributed by atoms with Crippen LogP contribution in [0.5, 0.6) is 0 Å². The summed E-state index contributed by atoms with van der Waals surface area (Å²) in [4.78, 5) is 28.9. The van der Waals surface area contributed by atoms with Gasteiger partial charge in [0.2, 0.25) is 11.8 Å². The normalized spacial score (nSPS) is 23.5. The monoisotopic (exact) mass is 330 g/mol. The summed E-state index contributed by atoms with van der Waals surface area (Å²) in [5.74, 6) is 0.369. The number of benzene rings is 1. The fourth-order valence-corrected chi connectivity index (χ4v) is 3.92. The highest BCUT2D eigenvalue weighted by Crippen LogP contribution is 2.31. The summed E-state index contributed by atoms with van der Waals surface area (Å²) in [6.07, 6.45) is 2.63. The molecule has 0 unspecified atom stereocenters. The molecule has 2 aliphatic rings. The van der Waals surface area contributed by atoms with Gasteiger partial charge in [0.05, 0.1) is 25.1 Å². The van der Waals surface area contributed by atoms with Crippen LogP contribution in [0.4, 0.5) is 0 Å². The smallest absolute Gasteiger partial charge is 0.227 e. The van der Waals surface area contributed by atoms with Crippen molar-refractivity contribution in [2.24, 2.45) is 0 Å². The van der Waals surface area contributed by atoms with Gasteiger partial charge in [-0.05, 0) is 25.3 Å². The minimum absolute atomic E-state index is 0.156. The fourth-order valence-electron chi connectivity index (χ4n) is 3.92. The molecule has 0 N–H and O–H groups in total. The van der Waals surface area contributed by atoms with Crippen LogP contribution in [0.15, 0.2) is 24.3 Å². The number of likely N-dealkylation sites (tertiary alicyclic amines) is 2. The van der Waals surface area contributed by atoms with E-state index in [2.05, 4.69) is 0 Å². The minimum atomic E-state index is 0.156. The number of ether oxygens (including phenoxy) is 1. The molecule has 5 nitrogen and oxygen atoms in total. The first-order valence-corrected chi connectivity index (χ1v) is 8.73. The summed E-state index contributed by atoms with van der Waals surface area (Å²) >= 11 is 0. The maximum atomic E-state index is 12.8. The first kappa shape index (κ1) is 17.0. The van der Waals surface area contributed by atoms with Gasteiger partial charge >= 0.3 is 0 Å². The lowest BCUT2D eigenvalue weighted by Crippen LogP contribution is -2.54. The number of hydrogen-bond donors (Lipinski definition) is 0. The third-order valence-corrected chi connectivity index (χ3v) is 5.22. The lowest BCUT2D eigenvalue weighted by atomic mass is 9.96. The summed E-state index contributed by atoms with van der Waals surface area (Å²) in [7, 11) is 1.65. The average molecular weight is 330 g/mol. The molecule has 1 aromatic carbocycles. The number of piperidine rings is 1. The molecule has 0 spiro atoms. The lowest BCUT2D eigenvalue weighted by molar-refractivity contribution is -0.142. The summed E-state index contributed by atoms with van der Waals surface area (Å²) < 4.78 is 5.13. The molecule has 2 atom stereocenters. The van der Waals surface area contributed by atoms with Gasteiger partial charge in [0, 0.05) is 26.6 Å². The minimum Gasteiger partial charge on any atom is -0.383 e. The van der Waals surface area contributed by atoms with Crippen LogP contribution in [-0.2, 0) is 20.7 Å². The Morgan fingerprint density at radius 2 is 1.96 bits per heavy atom. The first-order valence-electron chi connectivity index (χ1n) is 8.73. The van der Waals surface area contributed by atoms with E-state index in [1.807, 2.05) is 41.0 Å². The number of carbonyl (C=O) groups is 2. The topological polar surface area (TPSA) is 49.9 Å². The second-order valence-corrected chi connectivity index (χ2v) is 6.79. The molecule has 0 aliphatic carbocycles. The van der Waals surface area contributed by atoms with Crippen molar-refractivity contribution in [1.29, 1.82) is 0 Å². The Labute approximate surface area is 143 Å². The molecular weight excluding hydrogens is 304 g/mol. The number of hydrogen-bond acceptors (Lipinski definition) is 3. The third-order valence-electron chi connectivity index (χ3n) is 5.22. The number of methoxy groups -OCH3 is 1. The standard InChI is InChI=1S/C19H26N2O3/c1-14-3-5-15(6-4-14)13-19(23)20-10-9-17-16(20)7-8-18(22)21(17)11-12-24-2/h3-6,16-17H,7-13H2,1-2H3/t16-,17-/m1/s1. The zero-order valence-corrected chi connectivity index (χ0v) is 14.5. The van der Waals surface area contributed by atoms with E-state index in [0.29, 0.717) is 26.0 Å². The molecule has 0 radical (unpaired) electrons. The molecular formula is C19H26N2O3. The highest BCUT2D eigenvalue weighted by atomic mass is 16.5. The highest BCUT2D eigenvalue weighted by Gasteiger charge is 2.44.